The average Bonchev–Trinajstić information content (AvgIpc) is 2.19. The first-order valence-corrected chi connectivity index (χ1v) is 4.20. The van der Waals surface area contributed by atoms with Crippen LogP contribution in [0.1, 0.15) is 6.42 Å². The van der Waals surface area contributed by atoms with Crippen molar-refractivity contribution >= 4 is 0 Å². The van der Waals surface area contributed by atoms with Crippen LogP contribution >= 0.6 is 0 Å². The minimum absolute atomic E-state index is 0.560. The molecule has 1 heterocycles. The second-order valence-electron chi connectivity index (χ2n) is 2.51. The minimum atomic E-state index is 0.560. The first-order valence-electron chi connectivity index (χ1n) is 4.20. The molecule has 1 aromatic heterocycles. The molecule has 1 aromatic rings. The number of ether oxygens (including phenoxy) is 2. The molecule has 0 aliphatic carbocycles. The summed E-state index contributed by atoms with van der Waals surface area (Å²) in [4.78, 5) is 4.08. The molecule has 4 heteroatoms. The van der Waals surface area contributed by atoms with Gasteiger partial charge in [-0.05, 0) is 13.0 Å². The van der Waals surface area contributed by atoms with Crippen LogP contribution in [0.2, 0.25) is 0 Å². The Labute approximate surface area is 77.7 Å². The number of methoxy groups -OCH3 is 1. The van der Waals surface area contributed by atoms with E-state index in [-0.39, 0.29) is 0 Å². The van der Waals surface area contributed by atoms with Gasteiger partial charge in [0.2, 0.25) is 11.8 Å². The Morgan fingerprint density at radius 2 is 2.15 bits per heavy atom. The normalized spacial score (nSPS) is 9.69. The van der Waals surface area contributed by atoms with Crippen molar-refractivity contribution in [2.24, 2.45) is 5.73 Å². The van der Waals surface area contributed by atoms with Gasteiger partial charge < -0.3 is 15.2 Å². The Balaban J connectivity index is 2.46. The molecular weight excluding hydrogens is 168 g/mol. The number of rotatable bonds is 5. The van der Waals surface area contributed by atoms with E-state index in [1.165, 1.54) is 0 Å². The Hall–Kier alpha value is -1.29. The average molecular weight is 182 g/mol. The quantitative estimate of drug-likeness (QED) is 0.685. The summed E-state index contributed by atoms with van der Waals surface area (Å²) in [7, 11) is 1.58. The zero-order valence-corrected chi connectivity index (χ0v) is 7.69. The van der Waals surface area contributed by atoms with Crippen molar-refractivity contribution in [1.29, 1.82) is 0 Å². The van der Waals surface area contributed by atoms with E-state index >= 15 is 0 Å². The molecule has 0 fully saturated rings. The van der Waals surface area contributed by atoms with Gasteiger partial charge in [0.05, 0.1) is 13.7 Å². The standard InChI is InChI=1S/C9H14N2O2/c1-12-8-4-2-5-9(11-8)13-7-3-6-10/h2,4-5H,3,6-7,10H2,1H3. The van der Waals surface area contributed by atoms with Gasteiger partial charge in [0.15, 0.2) is 0 Å². The third-order valence-corrected chi connectivity index (χ3v) is 1.51. The van der Waals surface area contributed by atoms with Crippen LogP contribution < -0.4 is 15.2 Å². The maximum Gasteiger partial charge on any atom is 0.216 e. The molecule has 0 amide bonds. The predicted molar refractivity (Wildman–Crippen MR) is 50.0 cm³/mol. The lowest BCUT2D eigenvalue weighted by atomic mass is 10.4. The summed E-state index contributed by atoms with van der Waals surface area (Å²) >= 11 is 0. The molecule has 0 unspecified atom stereocenters. The van der Waals surface area contributed by atoms with Crippen molar-refractivity contribution in [3.63, 3.8) is 0 Å². The van der Waals surface area contributed by atoms with Crippen molar-refractivity contribution in [1.82, 2.24) is 4.98 Å². The maximum atomic E-state index is 5.32. The molecule has 0 aliphatic heterocycles. The van der Waals surface area contributed by atoms with Gasteiger partial charge in [0.1, 0.15) is 0 Å². The van der Waals surface area contributed by atoms with Gasteiger partial charge in [-0.3, -0.25) is 0 Å². The molecule has 0 atom stereocenters. The van der Waals surface area contributed by atoms with E-state index in [1.54, 1.807) is 19.2 Å². The van der Waals surface area contributed by atoms with Crippen LogP contribution in [0.25, 0.3) is 0 Å². The molecule has 72 valence electrons. The number of nitrogens with two attached hydrogens (primary N) is 1. The molecule has 13 heavy (non-hydrogen) atoms. The van der Waals surface area contributed by atoms with Crippen LogP contribution in [0, 0.1) is 0 Å². The van der Waals surface area contributed by atoms with Gasteiger partial charge >= 0.3 is 0 Å². The SMILES string of the molecule is COc1cccc(OCCCN)n1. The first kappa shape index (κ1) is 9.80. The highest BCUT2D eigenvalue weighted by Gasteiger charge is 1.96. The summed E-state index contributed by atoms with van der Waals surface area (Å²) in [6.07, 6.45) is 0.832. The van der Waals surface area contributed by atoms with E-state index in [1.807, 2.05) is 6.07 Å². The van der Waals surface area contributed by atoms with Gasteiger partial charge in [0.25, 0.3) is 0 Å². The van der Waals surface area contributed by atoms with Crippen LogP contribution in [0.3, 0.4) is 0 Å². The third-order valence-electron chi connectivity index (χ3n) is 1.51. The predicted octanol–water partition coefficient (Wildman–Crippen LogP) is 0.818. The molecule has 1 rings (SSSR count). The number of hydrogen-bond acceptors (Lipinski definition) is 4. The molecule has 0 bridgehead atoms. The first-order chi connectivity index (χ1) is 6.36. The van der Waals surface area contributed by atoms with Gasteiger partial charge in [0, 0.05) is 12.1 Å². The van der Waals surface area contributed by atoms with Crippen molar-refractivity contribution in [3.05, 3.63) is 18.2 Å². The van der Waals surface area contributed by atoms with E-state index in [9.17, 15) is 0 Å². The summed E-state index contributed by atoms with van der Waals surface area (Å²) in [5.74, 6) is 1.14. The maximum absolute atomic E-state index is 5.32. The Kier molecular flexibility index (Phi) is 4.05. The van der Waals surface area contributed by atoms with E-state index in [4.69, 9.17) is 15.2 Å². The number of nitrogens with zero attached hydrogens (tertiary/aromatic N) is 1. The smallest absolute Gasteiger partial charge is 0.216 e. The Morgan fingerprint density at radius 1 is 1.38 bits per heavy atom. The van der Waals surface area contributed by atoms with E-state index in [0.717, 1.165) is 6.42 Å². The van der Waals surface area contributed by atoms with Crippen molar-refractivity contribution in [2.75, 3.05) is 20.3 Å². The largest absolute Gasteiger partial charge is 0.481 e. The number of aromatic nitrogens is 1. The summed E-state index contributed by atoms with van der Waals surface area (Å²) in [6.45, 7) is 1.22. The summed E-state index contributed by atoms with van der Waals surface area (Å²) in [5.41, 5.74) is 5.32. The Bertz CT molecular complexity index is 253. The zero-order chi connectivity index (χ0) is 9.52. The summed E-state index contributed by atoms with van der Waals surface area (Å²) in [6, 6.07) is 5.40. The van der Waals surface area contributed by atoms with E-state index in [2.05, 4.69) is 4.98 Å². The Morgan fingerprint density at radius 3 is 2.85 bits per heavy atom. The van der Waals surface area contributed by atoms with Crippen LogP contribution in [0.4, 0.5) is 0 Å². The van der Waals surface area contributed by atoms with E-state index < -0.39 is 0 Å². The summed E-state index contributed by atoms with van der Waals surface area (Å²) in [5, 5.41) is 0. The molecule has 0 spiro atoms. The highest BCUT2D eigenvalue weighted by atomic mass is 16.5. The minimum Gasteiger partial charge on any atom is -0.481 e. The lowest BCUT2D eigenvalue weighted by Crippen LogP contribution is -2.06. The van der Waals surface area contributed by atoms with Crippen molar-refractivity contribution in [3.8, 4) is 11.8 Å². The topological polar surface area (TPSA) is 57.4 Å². The third kappa shape index (κ3) is 3.29. The highest BCUT2D eigenvalue weighted by molar-refractivity contribution is 5.19. The highest BCUT2D eigenvalue weighted by Crippen LogP contribution is 2.12. The van der Waals surface area contributed by atoms with Crippen LogP contribution in [-0.2, 0) is 0 Å². The molecule has 0 aliphatic rings. The molecule has 0 saturated carbocycles. The molecular formula is C9H14N2O2. The number of pyridine rings is 1. The molecule has 0 saturated heterocycles. The van der Waals surface area contributed by atoms with Gasteiger partial charge in [-0.15, -0.1) is 0 Å². The van der Waals surface area contributed by atoms with Gasteiger partial charge in [-0.25, -0.2) is 0 Å². The fourth-order valence-corrected chi connectivity index (χ4v) is 0.850. The molecule has 0 aromatic carbocycles. The van der Waals surface area contributed by atoms with Crippen molar-refractivity contribution in [2.45, 2.75) is 6.42 Å². The molecule has 4 nitrogen and oxygen atoms in total. The lowest BCUT2D eigenvalue weighted by Gasteiger charge is -2.04. The molecule has 2 N–H and O–H groups in total. The van der Waals surface area contributed by atoms with Gasteiger partial charge in [-0.1, -0.05) is 6.07 Å². The van der Waals surface area contributed by atoms with Crippen LogP contribution in [-0.4, -0.2) is 25.2 Å². The summed E-state index contributed by atoms with van der Waals surface area (Å²) < 4.78 is 10.3. The van der Waals surface area contributed by atoms with Crippen LogP contribution in [0.5, 0.6) is 11.8 Å². The van der Waals surface area contributed by atoms with Crippen LogP contribution in [0.15, 0.2) is 18.2 Å². The lowest BCUT2D eigenvalue weighted by molar-refractivity contribution is 0.294. The molecule has 0 radical (unpaired) electrons. The van der Waals surface area contributed by atoms with Gasteiger partial charge in [-0.2, -0.15) is 4.98 Å². The van der Waals surface area contributed by atoms with Crippen molar-refractivity contribution < 1.29 is 9.47 Å². The number of hydrogen-bond donors (Lipinski definition) is 1. The zero-order valence-electron chi connectivity index (χ0n) is 7.69. The second kappa shape index (κ2) is 5.37. The second-order valence-corrected chi connectivity index (χ2v) is 2.51. The van der Waals surface area contributed by atoms with E-state index in [0.29, 0.717) is 24.9 Å². The fraction of sp³-hybridized carbons (Fsp3) is 0.444. The monoisotopic (exact) mass is 182 g/mol. The fourth-order valence-electron chi connectivity index (χ4n) is 0.850.